The van der Waals surface area contributed by atoms with Crippen LogP contribution in [-0.4, -0.2) is 25.2 Å². The van der Waals surface area contributed by atoms with Gasteiger partial charge in [-0.05, 0) is 30.2 Å². The molecule has 0 bridgehead atoms. The van der Waals surface area contributed by atoms with Gasteiger partial charge in [-0.1, -0.05) is 36.4 Å². The van der Waals surface area contributed by atoms with Crippen molar-refractivity contribution in [2.24, 2.45) is 0 Å². The standard InChI is InChI=1S/C17H15FO4/c1-11(18)16(19)14-5-3-12(4-6-14)13-7-9-15(10-8-13)22-17(20)21-2/h3-11H,1-2H3. The van der Waals surface area contributed by atoms with Gasteiger partial charge >= 0.3 is 6.16 Å². The lowest BCUT2D eigenvalue weighted by Crippen LogP contribution is -2.11. The van der Waals surface area contributed by atoms with Crippen molar-refractivity contribution in [1.82, 2.24) is 0 Å². The summed E-state index contributed by atoms with van der Waals surface area (Å²) in [5.74, 6) is -0.165. The van der Waals surface area contributed by atoms with Gasteiger partial charge in [0, 0.05) is 5.56 Å². The third-order valence-electron chi connectivity index (χ3n) is 3.09. The molecule has 5 heteroatoms. The Labute approximate surface area is 127 Å². The van der Waals surface area contributed by atoms with Gasteiger partial charge in [0.05, 0.1) is 7.11 Å². The van der Waals surface area contributed by atoms with Crippen molar-refractivity contribution in [2.75, 3.05) is 7.11 Å². The lowest BCUT2D eigenvalue weighted by atomic mass is 10.0. The number of ether oxygens (including phenoxy) is 2. The summed E-state index contributed by atoms with van der Waals surface area (Å²) in [6.07, 6.45) is -2.29. The Bertz CT molecular complexity index is 660. The number of benzene rings is 2. The van der Waals surface area contributed by atoms with Crippen molar-refractivity contribution in [3.05, 3.63) is 54.1 Å². The largest absolute Gasteiger partial charge is 0.513 e. The van der Waals surface area contributed by atoms with E-state index < -0.39 is 18.1 Å². The molecule has 2 rings (SSSR count). The summed E-state index contributed by atoms with van der Waals surface area (Å²) in [5, 5.41) is 0. The molecule has 0 spiro atoms. The Morgan fingerprint density at radius 2 is 1.45 bits per heavy atom. The van der Waals surface area contributed by atoms with Crippen LogP contribution in [0.5, 0.6) is 5.75 Å². The Kier molecular flexibility index (Phi) is 4.88. The highest BCUT2D eigenvalue weighted by Crippen LogP contribution is 2.23. The normalized spacial score (nSPS) is 11.6. The summed E-state index contributed by atoms with van der Waals surface area (Å²) in [7, 11) is 1.23. The van der Waals surface area contributed by atoms with Gasteiger partial charge in [0.2, 0.25) is 0 Å². The van der Waals surface area contributed by atoms with Gasteiger partial charge in [-0.2, -0.15) is 0 Å². The highest BCUT2D eigenvalue weighted by molar-refractivity contribution is 5.99. The molecule has 0 aromatic heterocycles. The van der Waals surface area contributed by atoms with E-state index in [-0.39, 0.29) is 0 Å². The Hall–Kier alpha value is -2.69. The van der Waals surface area contributed by atoms with E-state index >= 15 is 0 Å². The van der Waals surface area contributed by atoms with Crippen LogP contribution >= 0.6 is 0 Å². The minimum atomic E-state index is -1.51. The Morgan fingerprint density at radius 3 is 1.91 bits per heavy atom. The Morgan fingerprint density at radius 1 is 0.955 bits per heavy atom. The molecule has 0 saturated carbocycles. The number of carbonyl (C=O) groups excluding carboxylic acids is 2. The van der Waals surface area contributed by atoms with Crippen molar-refractivity contribution in [3.8, 4) is 16.9 Å². The van der Waals surface area contributed by atoms with Crippen LogP contribution in [0.3, 0.4) is 0 Å². The summed E-state index contributed by atoms with van der Waals surface area (Å²) < 4.78 is 22.3. The van der Waals surface area contributed by atoms with Gasteiger partial charge in [0.15, 0.2) is 12.0 Å². The highest BCUT2D eigenvalue weighted by atomic mass is 19.1. The molecule has 0 heterocycles. The SMILES string of the molecule is COC(=O)Oc1ccc(-c2ccc(C(=O)C(C)F)cc2)cc1. The monoisotopic (exact) mass is 302 g/mol. The molecular weight excluding hydrogens is 287 g/mol. The average Bonchev–Trinajstić information content (AvgIpc) is 2.55. The van der Waals surface area contributed by atoms with E-state index in [1.807, 2.05) is 0 Å². The van der Waals surface area contributed by atoms with Crippen LogP contribution in [0.25, 0.3) is 11.1 Å². The van der Waals surface area contributed by atoms with Crippen molar-refractivity contribution in [3.63, 3.8) is 0 Å². The molecule has 0 aliphatic carbocycles. The van der Waals surface area contributed by atoms with E-state index in [0.29, 0.717) is 11.3 Å². The number of Topliss-reactive ketones (excluding diaryl/α,β-unsaturated/α-hetero) is 1. The minimum Gasteiger partial charge on any atom is -0.437 e. The minimum absolute atomic E-state index is 0.337. The lowest BCUT2D eigenvalue weighted by Gasteiger charge is -2.06. The van der Waals surface area contributed by atoms with Crippen LogP contribution in [-0.2, 0) is 4.74 Å². The van der Waals surface area contributed by atoms with Gasteiger partial charge in [-0.25, -0.2) is 9.18 Å². The number of carbonyl (C=O) groups is 2. The van der Waals surface area contributed by atoms with Crippen molar-refractivity contribution >= 4 is 11.9 Å². The molecule has 0 aliphatic rings. The second kappa shape index (κ2) is 6.85. The molecule has 0 N–H and O–H groups in total. The third kappa shape index (κ3) is 3.69. The third-order valence-corrected chi connectivity index (χ3v) is 3.09. The summed E-state index contributed by atoms with van der Waals surface area (Å²) in [6, 6.07) is 13.5. The second-order valence-electron chi connectivity index (χ2n) is 4.64. The van der Waals surface area contributed by atoms with E-state index in [9.17, 15) is 14.0 Å². The Balaban J connectivity index is 2.15. The first-order valence-electron chi connectivity index (χ1n) is 6.66. The molecular formula is C17H15FO4. The van der Waals surface area contributed by atoms with Gasteiger partial charge < -0.3 is 9.47 Å². The fraction of sp³-hybridized carbons (Fsp3) is 0.176. The number of halogens is 1. The molecule has 0 amide bonds. The number of hydrogen-bond donors (Lipinski definition) is 0. The first-order chi connectivity index (χ1) is 10.5. The van der Waals surface area contributed by atoms with E-state index in [2.05, 4.69) is 4.74 Å². The van der Waals surface area contributed by atoms with Crippen LogP contribution in [0, 0.1) is 0 Å². The number of hydrogen-bond acceptors (Lipinski definition) is 4. The second-order valence-corrected chi connectivity index (χ2v) is 4.64. The first-order valence-corrected chi connectivity index (χ1v) is 6.66. The van der Waals surface area contributed by atoms with Crippen LogP contribution in [0.15, 0.2) is 48.5 Å². The zero-order valence-electron chi connectivity index (χ0n) is 12.2. The quantitative estimate of drug-likeness (QED) is 0.486. The fourth-order valence-corrected chi connectivity index (χ4v) is 1.91. The maximum atomic E-state index is 13.0. The van der Waals surface area contributed by atoms with E-state index in [0.717, 1.165) is 11.1 Å². The van der Waals surface area contributed by atoms with Crippen LogP contribution < -0.4 is 4.74 Å². The average molecular weight is 302 g/mol. The maximum absolute atomic E-state index is 13.0. The first kappa shape index (κ1) is 15.7. The van der Waals surface area contributed by atoms with E-state index in [4.69, 9.17) is 4.74 Å². The van der Waals surface area contributed by atoms with Crippen LogP contribution in [0.1, 0.15) is 17.3 Å². The van der Waals surface area contributed by atoms with Crippen molar-refractivity contribution in [2.45, 2.75) is 13.1 Å². The maximum Gasteiger partial charge on any atom is 0.513 e. The number of rotatable bonds is 4. The van der Waals surface area contributed by atoms with Gasteiger partial charge in [0.1, 0.15) is 5.75 Å². The molecule has 22 heavy (non-hydrogen) atoms. The highest BCUT2D eigenvalue weighted by Gasteiger charge is 2.13. The van der Waals surface area contributed by atoms with Crippen molar-refractivity contribution < 1.29 is 23.5 Å². The molecule has 0 radical (unpaired) electrons. The molecule has 0 aliphatic heterocycles. The van der Waals surface area contributed by atoms with Crippen molar-refractivity contribution in [1.29, 1.82) is 0 Å². The molecule has 1 atom stereocenters. The van der Waals surface area contributed by atoms with Gasteiger partial charge in [-0.3, -0.25) is 4.79 Å². The van der Waals surface area contributed by atoms with E-state index in [1.165, 1.54) is 14.0 Å². The molecule has 114 valence electrons. The smallest absolute Gasteiger partial charge is 0.437 e. The zero-order chi connectivity index (χ0) is 16.1. The molecule has 2 aromatic carbocycles. The topological polar surface area (TPSA) is 52.6 Å². The number of alkyl halides is 1. The lowest BCUT2D eigenvalue weighted by molar-refractivity contribution is 0.0892. The van der Waals surface area contributed by atoms with Gasteiger partial charge in [0.25, 0.3) is 0 Å². The molecule has 4 nitrogen and oxygen atoms in total. The molecule has 2 aromatic rings. The van der Waals surface area contributed by atoms with Crippen LogP contribution in [0.2, 0.25) is 0 Å². The summed E-state index contributed by atoms with van der Waals surface area (Å²) in [4.78, 5) is 22.5. The van der Waals surface area contributed by atoms with Crippen LogP contribution in [0.4, 0.5) is 9.18 Å². The summed E-state index contributed by atoms with van der Waals surface area (Å²) in [6.45, 7) is 1.22. The van der Waals surface area contributed by atoms with E-state index in [1.54, 1.807) is 48.5 Å². The van der Waals surface area contributed by atoms with Gasteiger partial charge in [-0.15, -0.1) is 0 Å². The summed E-state index contributed by atoms with van der Waals surface area (Å²) >= 11 is 0. The molecule has 1 unspecified atom stereocenters. The molecule has 0 fully saturated rings. The molecule has 0 saturated heterocycles. The summed E-state index contributed by atoms with van der Waals surface area (Å²) in [5.41, 5.74) is 2.08. The number of methoxy groups -OCH3 is 1. The fourth-order valence-electron chi connectivity index (χ4n) is 1.91. The predicted octanol–water partition coefficient (Wildman–Crippen LogP) is 4.04. The number of ketones is 1. The zero-order valence-corrected chi connectivity index (χ0v) is 12.2. The predicted molar refractivity (Wildman–Crippen MR) is 79.8 cm³/mol.